The van der Waals surface area contributed by atoms with Crippen molar-refractivity contribution in [2.45, 2.75) is 393 Å². The predicted octanol–water partition coefficient (Wildman–Crippen LogP) is 21.2. The number of ether oxygens (including phenoxy) is 4. The van der Waals surface area contributed by atoms with Crippen molar-refractivity contribution in [2.75, 3.05) is 39.6 Å². The Bertz CT molecular complexity index is 1800. The second-order valence-corrected chi connectivity index (χ2v) is 28.9. The monoisotopic (exact) mass is 1350 g/mol. The van der Waals surface area contributed by atoms with E-state index in [4.69, 9.17) is 37.0 Å². The summed E-state index contributed by atoms with van der Waals surface area (Å²) in [6, 6.07) is 0. The number of carbonyl (C=O) groups excluding carboxylic acids is 4. The third kappa shape index (κ3) is 66.4. The van der Waals surface area contributed by atoms with Gasteiger partial charge in [-0.3, -0.25) is 37.3 Å². The van der Waals surface area contributed by atoms with E-state index in [9.17, 15) is 43.2 Å². The van der Waals surface area contributed by atoms with E-state index >= 15 is 0 Å². The molecule has 3 N–H and O–H groups in total. The molecule has 5 atom stereocenters. The SMILES string of the molecule is CCCC/C=C\CCCCCCCC(=O)OC(COC(=O)CCCCCCCCCCCCCCC)COP(=O)(O)OCC(O)COP(=O)(O)OCC(COC(=O)CCCCCCCCCCCCCCCCC)OC(=O)CCCCCCCCCCCCCCC. The number of aliphatic hydroxyl groups excluding tert-OH is 1. The van der Waals surface area contributed by atoms with E-state index in [0.29, 0.717) is 25.7 Å². The molecule has 0 bridgehead atoms. The van der Waals surface area contributed by atoms with Crippen LogP contribution in [0.3, 0.4) is 0 Å². The second kappa shape index (κ2) is 67.4. The fourth-order valence-corrected chi connectivity index (χ4v) is 12.5. The molecule has 0 spiro atoms. The number of unbranched alkanes of at least 4 members (excludes halogenated alkanes) is 45. The highest BCUT2D eigenvalue weighted by atomic mass is 31.2. The zero-order valence-corrected chi connectivity index (χ0v) is 61.1. The summed E-state index contributed by atoms with van der Waals surface area (Å²) in [6.45, 7) is 4.92. The zero-order chi connectivity index (χ0) is 67.5. The van der Waals surface area contributed by atoms with E-state index in [1.54, 1.807) is 0 Å². The molecule has 0 aromatic rings. The number of aliphatic hydroxyl groups is 1. The van der Waals surface area contributed by atoms with Gasteiger partial charge in [-0.15, -0.1) is 0 Å². The number of esters is 4. The van der Waals surface area contributed by atoms with Crippen LogP contribution in [0.15, 0.2) is 12.2 Å². The Kier molecular flexibility index (Phi) is 65.8. The molecule has 0 aromatic carbocycles. The maximum Gasteiger partial charge on any atom is 0.472 e. The van der Waals surface area contributed by atoms with Crippen molar-refractivity contribution in [1.82, 2.24) is 0 Å². The highest BCUT2D eigenvalue weighted by Gasteiger charge is 2.30. The minimum Gasteiger partial charge on any atom is -0.462 e. The van der Waals surface area contributed by atoms with Crippen LogP contribution in [0.4, 0.5) is 0 Å². The van der Waals surface area contributed by atoms with Gasteiger partial charge in [-0.1, -0.05) is 316 Å². The molecule has 0 saturated heterocycles. The fourth-order valence-electron chi connectivity index (χ4n) is 10.9. The molecule has 0 heterocycles. The molecule has 0 aliphatic rings. The summed E-state index contributed by atoms with van der Waals surface area (Å²) < 4.78 is 68.4. The first-order chi connectivity index (χ1) is 44.7. The van der Waals surface area contributed by atoms with Crippen LogP contribution >= 0.6 is 15.6 Å². The van der Waals surface area contributed by atoms with Crippen molar-refractivity contribution in [3.8, 4) is 0 Å². The summed E-state index contributed by atoms with van der Waals surface area (Å²) in [5, 5.41) is 10.6. The van der Waals surface area contributed by atoms with Gasteiger partial charge >= 0.3 is 39.5 Å². The quantitative estimate of drug-likeness (QED) is 0.0169. The Morgan fingerprint density at radius 1 is 0.293 bits per heavy atom. The highest BCUT2D eigenvalue weighted by molar-refractivity contribution is 7.47. The number of carbonyl (C=O) groups is 4. The molecule has 544 valence electrons. The van der Waals surface area contributed by atoms with Gasteiger partial charge in [-0.2, -0.15) is 0 Å². The number of hydrogen-bond donors (Lipinski definition) is 3. The van der Waals surface area contributed by atoms with Crippen LogP contribution < -0.4 is 0 Å². The van der Waals surface area contributed by atoms with Crippen molar-refractivity contribution >= 4 is 39.5 Å². The molecule has 19 heteroatoms. The van der Waals surface area contributed by atoms with Crippen molar-refractivity contribution in [3.05, 3.63) is 12.2 Å². The van der Waals surface area contributed by atoms with Gasteiger partial charge in [0.05, 0.1) is 26.4 Å². The van der Waals surface area contributed by atoms with Crippen LogP contribution in [0.1, 0.15) is 374 Å². The molecule has 0 aliphatic carbocycles. The maximum atomic E-state index is 13.0. The first-order valence-corrected chi connectivity index (χ1v) is 40.9. The van der Waals surface area contributed by atoms with Crippen LogP contribution in [0.5, 0.6) is 0 Å². The molecule has 0 radical (unpaired) electrons. The van der Waals surface area contributed by atoms with Crippen LogP contribution in [-0.4, -0.2) is 96.7 Å². The number of hydrogen-bond acceptors (Lipinski definition) is 15. The first-order valence-electron chi connectivity index (χ1n) is 37.9. The lowest BCUT2D eigenvalue weighted by molar-refractivity contribution is -0.161. The van der Waals surface area contributed by atoms with Gasteiger partial charge in [-0.05, 0) is 44.9 Å². The van der Waals surface area contributed by atoms with Gasteiger partial charge in [0.1, 0.15) is 19.3 Å². The Morgan fingerprint density at radius 2 is 0.511 bits per heavy atom. The number of rotatable bonds is 73. The van der Waals surface area contributed by atoms with Crippen molar-refractivity contribution < 1.29 is 80.2 Å². The summed E-state index contributed by atoms with van der Waals surface area (Å²) in [5.74, 6) is -2.13. The van der Waals surface area contributed by atoms with Crippen LogP contribution in [0, 0.1) is 0 Å². The van der Waals surface area contributed by atoms with E-state index in [0.717, 1.165) is 103 Å². The van der Waals surface area contributed by atoms with Gasteiger partial charge in [0.15, 0.2) is 12.2 Å². The summed E-state index contributed by atoms with van der Waals surface area (Å²) >= 11 is 0. The molecule has 0 amide bonds. The molecule has 0 rings (SSSR count). The molecular weight excluding hydrogens is 1210 g/mol. The van der Waals surface area contributed by atoms with Crippen LogP contribution in [0.25, 0.3) is 0 Å². The van der Waals surface area contributed by atoms with Crippen molar-refractivity contribution in [1.29, 1.82) is 0 Å². The number of phosphoric ester groups is 2. The lowest BCUT2D eigenvalue weighted by Crippen LogP contribution is -2.30. The third-order valence-corrected chi connectivity index (χ3v) is 18.7. The summed E-state index contributed by atoms with van der Waals surface area (Å²) in [7, 11) is -9.91. The molecule has 17 nitrogen and oxygen atoms in total. The predicted molar refractivity (Wildman–Crippen MR) is 372 cm³/mol. The normalized spacial score (nSPS) is 14.0. The Balaban J connectivity index is 5.25. The molecule has 0 aliphatic heterocycles. The van der Waals surface area contributed by atoms with Crippen molar-refractivity contribution in [2.24, 2.45) is 0 Å². The van der Waals surface area contributed by atoms with Gasteiger partial charge < -0.3 is 33.8 Å². The van der Waals surface area contributed by atoms with Gasteiger partial charge in [-0.25, -0.2) is 9.13 Å². The molecular formula is C73H140O17P2. The Hall–Kier alpha value is -2.20. The van der Waals surface area contributed by atoms with E-state index in [2.05, 4.69) is 39.8 Å². The molecule has 0 aromatic heterocycles. The molecule has 0 saturated carbocycles. The minimum atomic E-state index is -4.95. The van der Waals surface area contributed by atoms with Crippen molar-refractivity contribution in [3.63, 3.8) is 0 Å². The zero-order valence-electron chi connectivity index (χ0n) is 59.3. The third-order valence-electron chi connectivity index (χ3n) is 16.8. The lowest BCUT2D eigenvalue weighted by atomic mass is 10.0. The van der Waals surface area contributed by atoms with Gasteiger partial charge in [0.25, 0.3) is 0 Å². The molecule has 5 unspecified atom stereocenters. The lowest BCUT2D eigenvalue weighted by Gasteiger charge is -2.21. The van der Waals surface area contributed by atoms with Crippen LogP contribution in [-0.2, 0) is 65.4 Å². The maximum absolute atomic E-state index is 13.0. The molecule has 0 fully saturated rings. The Labute approximate surface area is 561 Å². The van der Waals surface area contributed by atoms with E-state index in [1.807, 2.05) is 0 Å². The number of phosphoric acid groups is 2. The molecule has 92 heavy (non-hydrogen) atoms. The first kappa shape index (κ1) is 89.8. The number of allylic oxidation sites excluding steroid dienone is 2. The standard InChI is InChI=1S/C73H140O17P2/c1-5-9-13-17-21-25-29-32-33-36-39-42-46-50-54-58-71(76)84-64-69(90-73(78)60-56-52-48-44-40-35-31-27-23-19-15-11-7-3)66-88-92(81,82)86-62-67(74)61-85-91(79,80)87-65-68(89-72(77)59-55-51-47-43-37-28-24-20-16-12-8-4)63-83-70(75)57-53-49-45-41-38-34-30-26-22-18-14-10-6-2/h20,24,67-69,74H,5-19,21-23,25-66H2,1-4H3,(H,79,80)(H,81,82)/b24-20-. The Morgan fingerprint density at radius 3 is 0.783 bits per heavy atom. The van der Waals surface area contributed by atoms with E-state index in [-0.39, 0.29) is 25.7 Å². The van der Waals surface area contributed by atoms with Crippen LogP contribution in [0.2, 0.25) is 0 Å². The second-order valence-electron chi connectivity index (χ2n) is 26.0. The smallest absolute Gasteiger partial charge is 0.462 e. The fraction of sp³-hybridized carbons (Fsp3) is 0.918. The summed E-state index contributed by atoms with van der Waals surface area (Å²) in [4.78, 5) is 72.7. The average Bonchev–Trinajstić information content (AvgIpc) is 3.58. The van der Waals surface area contributed by atoms with E-state index < -0.39 is 97.5 Å². The summed E-state index contributed by atoms with van der Waals surface area (Å²) in [6.07, 6.45) is 57.8. The highest BCUT2D eigenvalue weighted by Crippen LogP contribution is 2.45. The minimum absolute atomic E-state index is 0.0939. The van der Waals surface area contributed by atoms with E-state index in [1.165, 1.54) is 193 Å². The van der Waals surface area contributed by atoms with Gasteiger partial charge in [0, 0.05) is 25.7 Å². The largest absolute Gasteiger partial charge is 0.472 e. The topological polar surface area (TPSA) is 237 Å². The van der Waals surface area contributed by atoms with Gasteiger partial charge in [0.2, 0.25) is 0 Å². The average molecular weight is 1350 g/mol. The summed E-state index contributed by atoms with van der Waals surface area (Å²) in [5.41, 5.74) is 0.